The highest BCUT2D eigenvalue weighted by molar-refractivity contribution is 6.06. The Morgan fingerprint density at radius 1 is 1.11 bits per heavy atom. The molecule has 0 aliphatic carbocycles. The third-order valence-electron chi connectivity index (χ3n) is 3.92. The van der Waals surface area contributed by atoms with Gasteiger partial charge in [0.15, 0.2) is 0 Å². The summed E-state index contributed by atoms with van der Waals surface area (Å²) < 4.78 is 5.67. The number of ether oxygens (including phenoxy) is 1. The van der Waals surface area contributed by atoms with Gasteiger partial charge in [-0.1, -0.05) is 30.8 Å². The van der Waals surface area contributed by atoms with E-state index in [1.807, 2.05) is 37.3 Å². The lowest BCUT2D eigenvalue weighted by Crippen LogP contribution is -2.21. The summed E-state index contributed by atoms with van der Waals surface area (Å²) in [6.07, 6.45) is 1.06. The Balaban J connectivity index is 2.07. The zero-order valence-electron chi connectivity index (χ0n) is 16.1. The summed E-state index contributed by atoms with van der Waals surface area (Å²) in [6.45, 7) is 6.04. The highest BCUT2D eigenvalue weighted by atomic mass is 16.5. The molecule has 2 aromatic rings. The van der Waals surface area contributed by atoms with Crippen LogP contribution in [0.1, 0.15) is 29.3 Å². The first-order chi connectivity index (χ1) is 12.9. The van der Waals surface area contributed by atoms with Crippen LogP contribution in [0.4, 0.5) is 5.69 Å². The van der Waals surface area contributed by atoms with Crippen LogP contribution in [0.5, 0.6) is 5.75 Å². The van der Waals surface area contributed by atoms with Crippen LogP contribution in [0.3, 0.4) is 0 Å². The Kier molecular flexibility index (Phi) is 7.17. The van der Waals surface area contributed by atoms with Crippen molar-refractivity contribution in [3.05, 3.63) is 71.8 Å². The van der Waals surface area contributed by atoms with Gasteiger partial charge in [0, 0.05) is 26.2 Å². The number of hydrogen-bond donors (Lipinski definition) is 1. The lowest BCUT2D eigenvalue weighted by molar-refractivity contribution is -0.128. The summed E-state index contributed by atoms with van der Waals surface area (Å²) in [6, 6.07) is 14.6. The molecule has 2 rings (SSSR count). The van der Waals surface area contributed by atoms with E-state index in [4.69, 9.17) is 4.74 Å². The van der Waals surface area contributed by atoms with Gasteiger partial charge in [-0.25, -0.2) is 0 Å². The number of hydrogen-bond acceptors (Lipinski definition) is 3. The molecule has 0 heterocycles. The van der Waals surface area contributed by atoms with E-state index in [1.165, 1.54) is 0 Å². The van der Waals surface area contributed by atoms with Crippen molar-refractivity contribution in [3.8, 4) is 5.75 Å². The molecule has 0 radical (unpaired) electrons. The van der Waals surface area contributed by atoms with Gasteiger partial charge in [0.2, 0.25) is 5.91 Å². The molecule has 27 heavy (non-hydrogen) atoms. The average molecular weight is 366 g/mol. The van der Waals surface area contributed by atoms with Gasteiger partial charge >= 0.3 is 0 Å². The summed E-state index contributed by atoms with van der Waals surface area (Å²) in [5, 5.41) is 2.90. The quantitative estimate of drug-likeness (QED) is 0.721. The number of rotatable bonds is 8. The first-order valence-electron chi connectivity index (χ1n) is 8.83. The third-order valence-corrected chi connectivity index (χ3v) is 3.92. The predicted octanol–water partition coefficient (Wildman–Crippen LogP) is 3.91. The average Bonchev–Trinajstić information content (AvgIpc) is 2.64. The minimum absolute atomic E-state index is 0.0769. The number of aryl methyl sites for hydroxylation is 1. The van der Waals surface area contributed by atoms with E-state index in [0.717, 1.165) is 11.1 Å². The summed E-state index contributed by atoms with van der Waals surface area (Å²) in [5.74, 6) is 0.354. The van der Waals surface area contributed by atoms with E-state index in [-0.39, 0.29) is 11.8 Å². The van der Waals surface area contributed by atoms with Crippen molar-refractivity contribution < 1.29 is 14.3 Å². The first kappa shape index (κ1) is 20.2. The van der Waals surface area contributed by atoms with Gasteiger partial charge in [-0.2, -0.15) is 0 Å². The number of carbonyl (C=O) groups is 2. The second-order valence-electron chi connectivity index (χ2n) is 6.68. The smallest absolute Gasteiger partial charge is 0.259 e. The normalized spacial score (nSPS) is 10.2. The van der Waals surface area contributed by atoms with Gasteiger partial charge in [-0.05, 0) is 48.7 Å². The molecule has 2 amide bonds. The summed E-state index contributed by atoms with van der Waals surface area (Å²) in [7, 11) is 3.48. The molecule has 0 aliphatic rings. The standard InChI is InChI=1S/C22H26N2O3/c1-16(2)15-27-20-11-6-5-10-19(20)22(26)23-18-9-7-8-17(14-18)12-13-21(25)24(3)4/h5-11,14H,1,12-13,15H2,2-4H3,(H,23,26). The molecule has 0 aromatic heterocycles. The maximum Gasteiger partial charge on any atom is 0.259 e. The Morgan fingerprint density at radius 3 is 2.56 bits per heavy atom. The molecule has 5 nitrogen and oxygen atoms in total. The number of benzene rings is 2. The highest BCUT2D eigenvalue weighted by Crippen LogP contribution is 2.21. The van der Waals surface area contributed by atoms with Crippen molar-refractivity contribution in [2.75, 3.05) is 26.0 Å². The SMILES string of the molecule is C=C(C)COc1ccccc1C(=O)Nc1cccc(CCC(=O)N(C)C)c1. The maximum atomic E-state index is 12.7. The molecule has 142 valence electrons. The predicted molar refractivity (Wildman–Crippen MR) is 108 cm³/mol. The molecule has 0 atom stereocenters. The fraction of sp³-hybridized carbons (Fsp3) is 0.273. The van der Waals surface area contributed by atoms with E-state index >= 15 is 0 Å². The largest absolute Gasteiger partial charge is 0.488 e. The Morgan fingerprint density at radius 2 is 1.85 bits per heavy atom. The number of carbonyl (C=O) groups excluding carboxylic acids is 2. The van der Waals surface area contributed by atoms with Gasteiger partial charge in [0.25, 0.3) is 5.91 Å². The van der Waals surface area contributed by atoms with Crippen molar-refractivity contribution in [1.29, 1.82) is 0 Å². The molecular weight excluding hydrogens is 340 g/mol. The van der Waals surface area contributed by atoms with Crippen molar-refractivity contribution in [2.45, 2.75) is 19.8 Å². The second kappa shape index (κ2) is 9.57. The van der Waals surface area contributed by atoms with E-state index in [9.17, 15) is 9.59 Å². The third kappa shape index (κ3) is 6.29. The molecule has 5 heteroatoms. The minimum atomic E-state index is -0.242. The number of anilines is 1. The van der Waals surface area contributed by atoms with Crippen molar-refractivity contribution in [2.24, 2.45) is 0 Å². The molecule has 0 bridgehead atoms. The lowest BCUT2D eigenvalue weighted by atomic mass is 10.1. The van der Waals surface area contributed by atoms with Gasteiger partial charge in [0.1, 0.15) is 12.4 Å². The van der Waals surface area contributed by atoms with Crippen LogP contribution in [0, 0.1) is 0 Å². The molecule has 0 aliphatic heterocycles. The summed E-state index contributed by atoms with van der Waals surface area (Å²) in [5.41, 5.74) is 3.02. The fourth-order valence-electron chi connectivity index (χ4n) is 2.46. The van der Waals surface area contributed by atoms with Gasteiger partial charge in [-0.15, -0.1) is 0 Å². The van der Waals surface area contributed by atoms with Crippen molar-refractivity contribution >= 4 is 17.5 Å². The topological polar surface area (TPSA) is 58.6 Å². The molecule has 0 saturated heterocycles. The number of nitrogens with one attached hydrogen (secondary N) is 1. The second-order valence-corrected chi connectivity index (χ2v) is 6.68. The molecule has 0 spiro atoms. The molecule has 1 N–H and O–H groups in total. The fourth-order valence-corrected chi connectivity index (χ4v) is 2.46. The number of nitrogens with zero attached hydrogens (tertiary/aromatic N) is 1. The Bertz CT molecular complexity index is 828. The molecule has 0 fully saturated rings. The van der Waals surface area contributed by atoms with Crippen molar-refractivity contribution in [3.63, 3.8) is 0 Å². The lowest BCUT2D eigenvalue weighted by Gasteiger charge is -2.13. The Hall–Kier alpha value is -3.08. The van der Waals surface area contributed by atoms with Crippen LogP contribution >= 0.6 is 0 Å². The molecule has 0 unspecified atom stereocenters. The van der Waals surface area contributed by atoms with Crippen LogP contribution in [-0.2, 0) is 11.2 Å². The summed E-state index contributed by atoms with van der Waals surface area (Å²) >= 11 is 0. The first-order valence-corrected chi connectivity index (χ1v) is 8.83. The van der Waals surface area contributed by atoms with Crippen LogP contribution < -0.4 is 10.1 Å². The molecule has 2 aromatic carbocycles. The zero-order valence-corrected chi connectivity index (χ0v) is 16.1. The van der Waals surface area contributed by atoms with Gasteiger partial charge in [-0.3, -0.25) is 9.59 Å². The Labute approximate surface area is 160 Å². The minimum Gasteiger partial charge on any atom is -0.488 e. The maximum absolute atomic E-state index is 12.7. The van der Waals surface area contributed by atoms with E-state index in [2.05, 4.69) is 11.9 Å². The summed E-state index contributed by atoms with van der Waals surface area (Å²) in [4.78, 5) is 26.0. The van der Waals surface area contributed by atoms with E-state index in [0.29, 0.717) is 36.4 Å². The van der Waals surface area contributed by atoms with Crippen LogP contribution in [0.15, 0.2) is 60.7 Å². The van der Waals surface area contributed by atoms with Gasteiger partial charge < -0.3 is 15.0 Å². The van der Waals surface area contributed by atoms with Crippen LogP contribution in [0.25, 0.3) is 0 Å². The number of para-hydroxylation sites is 1. The zero-order chi connectivity index (χ0) is 19.8. The van der Waals surface area contributed by atoms with E-state index in [1.54, 1.807) is 37.2 Å². The monoisotopic (exact) mass is 366 g/mol. The van der Waals surface area contributed by atoms with Crippen LogP contribution in [-0.4, -0.2) is 37.4 Å². The molecular formula is C22H26N2O3. The van der Waals surface area contributed by atoms with Crippen molar-refractivity contribution in [1.82, 2.24) is 4.90 Å². The van der Waals surface area contributed by atoms with Gasteiger partial charge in [0.05, 0.1) is 5.56 Å². The van der Waals surface area contributed by atoms with Crippen LogP contribution in [0.2, 0.25) is 0 Å². The molecule has 0 saturated carbocycles. The highest BCUT2D eigenvalue weighted by Gasteiger charge is 2.13. The van der Waals surface area contributed by atoms with E-state index < -0.39 is 0 Å². The number of amides is 2.